The van der Waals surface area contributed by atoms with E-state index < -0.39 is 0 Å². The van der Waals surface area contributed by atoms with Crippen LogP contribution in [0.2, 0.25) is 0 Å². The smallest absolute Gasteiger partial charge is 0.136 e. The van der Waals surface area contributed by atoms with Crippen LogP contribution in [0.1, 0.15) is 0 Å². The molecule has 0 amide bonds. The number of aliphatic hydroxyl groups excluding tert-OH is 2. The maximum absolute atomic E-state index is 8.33. The second kappa shape index (κ2) is 4.08. The Bertz CT molecular complexity index is 83.4. The number of aliphatic hydroxyl groups is 2. The minimum absolute atomic E-state index is 0.190. The van der Waals surface area contributed by atoms with E-state index in [0.717, 1.165) is 4.90 Å². The number of hydrogen-bond acceptors (Lipinski definition) is 3. The second-order valence-corrected chi connectivity index (χ2v) is 2.22. The Labute approximate surface area is 58.3 Å². The van der Waals surface area contributed by atoms with Gasteiger partial charge in [0.25, 0.3) is 0 Å². The first-order chi connectivity index (χ1) is 3.72. The van der Waals surface area contributed by atoms with Gasteiger partial charge in [-0.2, -0.15) is 0 Å². The van der Waals surface area contributed by atoms with Gasteiger partial charge in [0.2, 0.25) is 0 Å². The molecule has 2 N–H and O–H groups in total. The molecule has 8 heavy (non-hydrogen) atoms. The minimum atomic E-state index is -0.293. The summed E-state index contributed by atoms with van der Waals surface area (Å²) in [5.41, 5.74) is 0. The summed E-state index contributed by atoms with van der Waals surface area (Å²) in [5.74, 6) is 0. The Hall–Kier alpha value is 0.160. The van der Waals surface area contributed by atoms with E-state index >= 15 is 0 Å². The van der Waals surface area contributed by atoms with Crippen molar-refractivity contribution in [3.05, 3.63) is 0 Å². The Morgan fingerprint density at radius 3 is 1.88 bits per heavy atom. The molecule has 0 spiro atoms. The molecule has 3 nitrogen and oxygen atoms in total. The van der Waals surface area contributed by atoms with E-state index in [1.807, 2.05) is 0 Å². The topological polar surface area (TPSA) is 43.7 Å². The number of rotatable bonds is 2. The number of thiol groups is 1. The van der Waals surface area contributed by atoms with Gasteiger partial charge < -0.3 is 15.1 Å². The van der Waals surface area contributed by atoms with Crippen molar-refractivity contribution in [1.82, 2.24) is 4.90 Å². The van der Waals surface area contributed by atoms with Gasteiger partial charge in [-0.3, -0.25) is 0 Å². The minimum Gasteiger partial charge on any atom is -0.376 e. The number of hydrogen-bond donors (Lipinski definition) is 3. The Balaban J connectivity index is 3.52. The lowest BCUT2D eigenvalue weighted by Gasteiger charge is -2.14. The summed E-state index contributed by atoms with van der Waals surface area (Å²) in [7, 11) is 0. The van der Waals surface area contributed by atoms with E-state index in [1.54, 1.807) is 0 Å². The largest absolute Gasteiger partial charge is 0.376 e. The zero-order chi connectivity index (χ0) is 6.57. The molecule has 0 aromatic rings. The maximum atomic E-state index is 8.33. The average Bonchev–Trinajstić information content (AvgIpc) is 1.69. The molecule has 0 aromatic carbocycles. The first-order valence-electron chi connectivity index (χ1n) is 1.92. The molecule has 0 aromatic heterocycles. The normalized spacial score (nSPS) is 8.88. The summed E-state index contributed by atoms with van der Waals surface area (Å²) in [5, 5.41) is 16.7. The Morgan fingerprint density at radius 2 is 1.88 bits per heavy atom. The second-order valence-electron chi connectivity index (χ2n) is 1.11. The maximum Gasteiger partial charge on any atom is 0.136 e. The van der Waals surface area contributed by atoms with E-state index in [4.69, 9.17) is 10.2 Å². The molecular formula is C3H7NO2S2. The third-order valence-electron chi connectivity index (χ3n) is 0.612. The van der Waals surface area contributed by atoms with Gasteiger partial charge in [0.05, 0.1) is 0 Å². The van der Waals surface area contributed by atoms with Crippen molar-refractivity contribution in [2.24, 2.45) is 0 Å². The molecule has 0 aliphatic rings. The fraction of sp³-hybridized carbons (Fsp3) is 0.667. The summed E-state index contributed by atoms with van der Waals surface area (Å²) in [6, 6.07) is 0. The van der Waals surface area contributed by atoms with Crippen molar-refractivity contribution < 1.29 is 10.2 Å². The van der Waals surface area contributed by atoms with Crippen molar-refractivity contribution in [2.75, 3.05) is 13.5 Å². The molecular weight excluding hydrogens is 146 g/mol. The highest BCUT2D eigenvalue weighted by molar-refractivity contribution is 8.10. The highest BCUT2D eigenvalue weighted by Crippen LogP contribution is 1.91. The molecule has 48 valence electrons. The highest BCUT2D eigenvalue weighted by Gasteiger charge is 1.98. The van der Waals surface area contributed by atoms with Crippen molar-refractivity contribution in [2.45, 2.75) is 0 Å². The van der Waals surface area contributed by atoms with Gasteiger partial charge in [0.1, 0.15) is 17.8 Å². The van der Waals surface area contributed by atoms with Gasteiger partial charge in [-0.25, -0.2) is 0 Å². The first kappa shape index (κ1) is 8.16. The SMILES string of the molecule is OCN(CO)C(=S)S. The lowest BCUT2D eigenvalue weighted by molar-refractivity contribution is 0.0907. The molecule has 0 fully saturated rings. The zero-order valence-electron chi connectivity index (χ0n) is 4.11. The molecule has 0 unspecified atom stereocenters. The van der Waals surface area contributed by atoms with Crippen molar-refractivity contribution in [3.8, 4) is 0 Å². The van der Waals surface area contributed by atoms with Crippen LogP contribution in [0, 0.1) is 0 Å². The van der Waals surface area contributed by atoms with Crippen LogP contribution in [0.5, 0.6) is 0 Å². The fourth-order valence-electron chi connectivity index (χ4n) is 0.166. The van der Waals surface area contributed by atoms with Crippen molar-refractivity contribution in [3.63, 3.8) is 0 Å². The number of thiocarbonyl (C=S) groups is 1. The van der Waals surface area contributed by atoms with Gasteiger partial charge >= 0.3 is 0 Å². The van der Waals surface area contributed by atoms with E-state index in [-0.39, 0.29) is 17.8 Å². The number of nitrogens with zero attached hydrogens (tertiary/aromatic N) is 1. The van der Waals surface area contributed by atoms with E-state index in [0.29, 0.717) is 0 Å². The van der Waals surface area contributed by atoms with Crippen LogP contribution in [0.3, 0.4) is 0 Å². The third kappa shape index (κ3) is 2.46. The molecule has 0 aliphatic carbocycles. The molecule has 0 atom stereocenters. The lowest BCUT2D eigenvalue weighted by Crippen LogP contribution is -2.27. The van der Waals surface area contributed by atoms with Crippen LogP contribution in [0.25, 0.3) is 0 Å². The molecule has 0 saturated heterocycles. The zero-order valence-corrected chi connectivity index (χ0v) is 5.82. The molecule has 0 radical (unpaired) electrons. The van der Waals surface area contributed by atoms with E-state index in [9.17, 15) is 0 Å². The van der Waals surface area contributed by atoms with Gasteiger partial charge in [-0.05, 0) is 0 Å². The molecule has 5 heteroatoms. The summed E-state index contributed by atoms with van der Waals surface area (Å²) < 4.78 is 0.190. The Kier molecular flexibility index (Phi) is 4.16. The molecule has 0 aliphatic heterocycles. The van der Waals surface area contributed by atoms with Crippen molar-refractivity contribution in [1.29, 1.82) is 0 Å². The van der Waals surface area contributed by atoms with E-state index in [2.05, 4.69) is 24.8 Å². The summed E-state index contributed by atoms with van der Waals surface area (Å²) in [4.78, 5) is 1.12. The molecule has 0 saturated carbocycles. The van der Waals surface area contributed by atoms with Gasteiger partial charge in [0, 0.05) is 0 Å². The van der Waals surface area contributed by atoms with Crippen LogP contribution in [0.4, 0.5) is 0 Å². The Morgan fingerprint density at radius 1 is 1.50 bits per heavy atom. The average molecular weight is 153 g/mol. The first-order valence-corrected chi connectivity index (χ1v) is 2.77. The summed E-state index contributed by atoms with van der Waals surface area (Å²) in [6.07, 6.45) is 0. The van der Waals surface area contributed by atoms with Crippen LogP contribution in [-0.2, 0) is 0 Å². The predicted octanol–water partition coefficient (Wildman–Crippen LogP) is -0.597. The van der Waals surface area contributed by atoms with Gasteiger partial charge in [-0.15, -0.1) is 12.6 Å². The fourth-order valence-corrected chi connectivity index (χ4v) is 0.408. The lowest BCUT2D eigenvalue weighted by atomic mass is 10.9. The molecule has 0 heterocycles. The van der Waals surface area contributed by atoms with Crippen LogP contribution < -0.4 is 0 Å². The van der Waals surface area contributed by atoms with Crippen LogP contribution in [-0.4, -0.2) is 32.9 Å². The summed E-state index contributed by atoms with van der Waals surface area (Å²) >= 11 is 8.18. The third-order valence-corrected chi connectivity index (χ3v) is 1.15. The van der Waals surface area contributed by atoms with Crippen LogP contribution in [0.15, 0.2) is 0 Å². The van der Waals surface area contributed by atoms with E-state index in [1.165, 1.54) is 0 Å². The quantitative estimate of drug-likeness (QED) is 0.282. The molecule has 0 rings (SSSR count). The predicted molar refractivity (Wildman–Crippen MR) is 37.6 cm³/mol. The van der Waals surface area contributed by atoms with Gasteiger partial charge in [0.15, 0.2) is 0 Å². The van der Waals surface area contributed by atoms with Crippen LogP contribution >= 0.6 is 24.8 Å². The molecule has 0 bridgehead atoms. The standard InChI is InChI=1S/C3H7NO2S2/c5-1-4(2-6)3(7)8/h5-6H,1-2H2,(H,7,8). The monoisotopic (exact) mass is 153 g/mol. The van der Waals surface area contributed by atoms with Crippen molar-refractivity contribution >= 4 is 29.2 Å². The highest BCUT2D eigenvalue weighted by atomic mass is 32.1. The van der Waals surface area contributed by atoms with Gasteiger partial charge in [-0.1, -0.05) is 12.2 Å². The summed E-state index contributed by atoms with van der Waals surface area (Å²) in [6.45, 7) is -0.586.